The maximum atomic E-state index is 12.6. The van der Waals surface area contributed by atoms with E-state index in [0.717, 1.165) is 24.3 Å². The van der Waals surface area contributed by atoms with Gasteiger partial charge in [-0.15, -0.1) is 0 Å². The van der Waals surface area contributed by atoms with Gasteiger partial charge in [0.1, 0.15) is 12.1 Å². The molecule has 0 unspecified atom stereocenters. The number of nitrogens with zero attached hydrogens (tertiary/aromatic N) is 1. The SMILES string of the molecule is CC[C@@H]1NC(=O)[C@@H]2C[C@H](NC(=O)Nc3ccc(C(F)(F)F)cc3)CN2C1=O. The molecule has 0 saturated carbocycles. The molecule has 3 N–H and O–H groups in total. The van der Waals surface area contributed by atoms with Crippen LogP contribution >= 0.6 is 0 Å². The maximum Gasteiger partial charge on any atom is 0.416 e. The van der Waals surface area contributed by atoms with E-state index in [1.54, 1.807) is 6.92 Å². The van der Waals surface area contributed by atoms with Crippen molar-refractivity contribution in [3.05, 3.63) is 29.8 Å². The molecule has 0 aliphatic carbocycles. The summed E-state index contributed by atoms with van der Waals surface area (Å²) in [7, 11) is 0. The van der Waals surface area contributed by atoms with Crippen molar-refractivity contribution in [2.75, 3.05) is 11.9 Å². The van der Waals surface area contributed by atoms with Gasteiger partial charge in [-0.05, 0) is 37.1 Å². The second-order valence-corrected chi connectivity index (χ2v) is 6.58. The predicted molar refractivity (Wildman–Crippen MR) is 89.7 cm³/mol. The van der Waals surface area contributed by atoms with Gasteiger partial charge < -0.3 is 20.9 Å². The minimum atomic E-state index is -4.45. The summed E-state index contributed by atoms with van der Waals surface area (Å²) < 4.78 is 37.7. The van der Waals surface area contributed by atoms with Gasteiger partial charge in [-0.25, -0.2) is 4.79 Å². The number of nitrogens with one attached hydrogen (secondary N) is 3. The fourth-order valence-corrected chi connectivity index (χ4v) is 3.33. The summed E-state index contributed by atoms with van der Waals surface area (Å²) in [5, 5.41) is 7.77. The molecule has 1 aromatic rings. The number of hydrogen-bond acceptors (Lipinski definition) is 3. The van der Waals surface area contributed by atoms with Crippen molar-refractivity contribution < 1.29 is 27.6 Å². The molecular weight excluding hydrogens is 365 g/mol. The summed E-state index contributed by atoms with van der Waals surface area (Å²) in [6.07, 6.45) is -3.67. The minimum Gasteiger partial charge on any atom is -0.343 e. The van der Waals surface area contributed by atoms with Crippen LogP contribution in [0.2, 0.25) is 0 Å². The van der Waals surface area contributed by atoms with Crippen LogP contribution in [0.4, 0.5) is 23.7 Å². The predicted octanol–water partition coefficient (Wildman–Crippen LogP) is 1.70. The van der Waals surface area contributed by atoms with Crippen molar-refractivity contribution in [3.8, 4) is 0 Å². The Hall–Kier alpha value is -2.78. The van der Waals surface area contributed by atoms with Crippen LogP contribution in [0.1, 0.15) is 25.3 Å². The summed E-state index contributed by atoms with van der Waals surface area (Å²) in [4.78, 5) is 38.0. The molecule has 4 amide bonds. The molecule has 0 aromatic heterocycles. The standard InChI is InChI=1S/C17H19F3N4O3/c1-2-12-15(26)24-8-11(7-13(24)14(25)23-12)22-16(27)21-10-5-3-9(4-6-10)17(18,19)20/h3-6,11-13H,2,7-8H2,1H3,(H,23,25)(H2,21,22,27)/t11-,12-,13-/m0/s1. The Morgan fingerprint density at radius 3 is 2.52 bits per heavy atom. The van der Waals surface area contributed by atoms with E-state index in [1.165, 1.54) is 4.90 Å². The molecule has 2 aliphatic heterocycles. The van der Waals surface area contributed by atoms with Crippen molar-refractivity contribution in [2.24, 2.45) is 0 Å². The fraction of sp³-hybridized carbons (Fsp3) is 0.471. The van der Waals surface area contributed by atoms with Crippen LogP contribution < -0.4 is 16.0 Å². The van der Waals surface area contributed by atoms with Crippen LogP contribution in [0, 0.1) is 0 Å². The highest BCUT2D eigenvalue weighted by molar-refractivity contribution is 5.97. The number of urea groups is 1. The lowest BCUT2D eigenvalue weighted by molar-refractivity contribution is -0.147. The van der Waals surface area contributed by atoms with Crippen LogP contribution in [0.15, 0.2) is 24.3 Å². The Bertz CT molecular complexity index is 751. The zero-order valence-electron chi connectivity index (χ0n) is 14.5. The Morgan fingerprint density at radius 1 is 1.26 bits per heavy atom. The molecule has 2 aliphatic rings. The van der Waals surface area contributed by atoms with E-state index in [0.29, 0.717) is 6.42 Å². The second kappa shape index (κ2) is 7.09. The van der Waals surface area contributed by atoms with Crippen molar-refractivity contribution >= 4 is 23.5 Å². The molecular formula is C17H19F3N4O3. The van der Waals surface area contributed by atoms with Gasteiger partial charge in [0.05, 0.1) is 11.6 Å². The first-order valence-electron chi connectivity index (χ1n) is 8.54. The smallest absolute Gasteiger partial charge is 0.343 e. The zero-order chi connectivity index (χ0) is 19.8. The third-order valence-corrected chi connectivity index (χ3v) is 4.71. The van der Waals surface area contributed by atoms with Gasteiger partial charge in [-0.1, -0.05) is 6.92 Å². The van der Waals surface area contributed by atoms with Crippen LogP contribution in [0.25, 0.3) is 0 Å². The largest absolute Gasteiger partial charge is 0.416 e. The third-order valence-electron chi connectivity index (χ3n) is 4.71. The van der Waals surface area contributed by atoms with Gasteiger partial charge in [0.25, 0.3) is 0 Å². The molecule has 27 heavy (non-hydrogen) atoms. The number of carbonyl (C=O) groups excluding carboxylic acids is 3. The monoisotopic (exact) mass is 384 g/mol. The first-order chi connectivity index (χ1) is 12.7. The maximum absolute atomic E-state index is 12.6. The van der Waals surface area contributed by atoms with Crippen LogP contribution in [-0.2, 0) is 15.8 Å². The number of benzene rings is 1. The van der Waals surface area contributed by atoms with Gasteiger partial charge in [0.15, 0.2) is 0 Å². The number of hydrogen-bond donors (Lipinski definition) is 3. The minimum absolute atomic E-state index is 0.172. The lowest BCUT2D eigenvalue weighted by Gasteiger charge is -2.33. The summed E-state index contributed by atoms with van der Waals surface area (Å²) >= 11 is 0. The Morgan fingerprint density at radius 2 is 1.93 bits per heavy atom. The van der Waals surface area contributed by atoms with E-state index in [-0.39, 0.29) is 30.5 Å². The van der Waals surface area contributed by atoms with Crippen LogP contribution in [0.3, 0.4) is 0 Å². The van der Waals surface area contributed by atoms with Crippen LogP contribution in [0.5, 0.6) is 0 Å². The molecule has 2 fully saturated rings. The lowest BCUT2D eigenvalue weighted by Crippen LogP contribution is -2.60. The van der Waals surface area contributed by atoms with E-state index >= 15 is 0 Å². The molecule has 1 aromatic carbocycles. The van der Waals surface area contributed by atoms with Gasteiger partial charge >= 0.3 is 12.2 Å². The molecule has 3 rings (SSSR count). The average Bonchev–Trinajstić information content (AvgIpc) is 3.02. The topological polar surface area (TPSA) is 90.5 Å². The van der Waals surface area contributed by atoms with E-state index in [4.69, 9.17) is 0 Å². The van der Waals surface area contributed by atoms with Crippen molar-refractivity contribution in [3.63, 3.8) is 0 Å². The molecule has 2 saturated heterocycles. The summed E-state index contributed by atoms with van der Waals surface area (Å²) in [5.41, 5.74) is -0.604. The lowest BCUT2D eigenvalue weighted by atomic mass is 10.1. The number of alkyl halides is 3. The first kappa shape index (κ1) is 19.0. The summed E-state index contributed by atoms with van der Waals surface area (Å²) in [6.45, 7) is 2.01. The highest BCUT2D eigenvalue weighted by Crippen LogP contribution is 2.30. The quantitative estimate of drug-likeness (QED) is 0.741. The molecule has 7 nitrogen and oxygen atoms in total. The zero-order valence-corrected chi connectivity index (χ0v) is 14.5. The second-order valence-electron chi connectivity index (χ2n) is 6.58. The third kappa shape index (κ3) is 3.99. The molecule has 10 heteroatoms. The Labute approximate surface area is 153 Å². The van der Waals surface area contributed by atoms with Crippen molar-refractivity contribution in [1.29, 1.82) is 0 Å². The molecule has 0 radical (unpaired) electrons. The number of amides is 4. The summed E-state index contributed by atoms with van der Waals surface area (Å²) in [6, 6.07) is 1.87. The molecule has 0 spiro atoms. The Kier molecular flexibility index (Phi) is 4.99. The first-order valence-corrected chi connectivity index (χ1v) is 8.54. The normalized spacial score (nSPS) is 25.0. The van der Waals surface area contributed by atoms with Crippen LogP contribution in [-0.4, -0.2) is 47.4 Å². The van der Waals surface area contributed by atoms with Gasteiger partial charge in [0, 0.05) is 12.2 Å². The van der Waals surface area contributed by atoms with E-state index in [9.17, 15) is 27.6 Å². The number of carbonyl (C=O) groups is 3. The van der Waals surface area contributed by atoms with E-state index in [2.05, 4.69) is 16.0 Å². The van der Waals surface area contributed by atoms with E-state index in [1.807, 2.05) is 0 Å². The average molecular weight is 384 g/mol. The number of fused-ring (bicyclic) bond motifs is 1. The van der Waals surface area contributed by atoms with Crippen molar-refractivity contribution in [2.45, 2.75) is 44.1 Å². The number of rotatable bonds is 3. The highest BCUT2D eigenvalue weighted by Gasteiger charge is 2.46. The molecule has 2 heterocycles. The number of piperazine rings is 1. The number of anilines is 1. The van der Waals surface area contributed by atoms with Gasteiger partial charge in [-0.2, -0.15) is 13.2 Å². The fourth-order valence-electron chi connectivity index (χ4n) is 3.33. The van der Waals surface area contributed by atoms with E-state index < -0.39 is 35.9 Å². The Balaban J connectivity index is 1.58. The van der Waals surface area contributed by atoms with Gasteiger partial charge in [0.2, 0.25) is 11.8 Å². The highest BCUT2D eigenvalue weighted by atomic mass is 19.4. The summed E-state index contributed by atoms with van der Waals surface area (Å²) in [5.74, 6) is -0.413. The molecule has 0 bridgehead atoms. The van der Waals surface area contributed by atoms with Crippen molar-refractivity contribution in [1.82, 2.24) is 15.5 Å². The molecule has 146 valence electrons. The van der Waals surface area contributed by atoms with Gasteiger partial charge in [-0.3, -0.25) is 9.59 Å². The molecule has 3 atom stereocenters. The number of halogens is 3.